The molecule has 3 aromatic carbocycles. The number of rotatable bonds is 13. The third kappa shape index (κ3) is 9.94. The number of furan rings is 2. The SMILES string of the molecule is Cc1cccc(Cc2ccc3nc(Sc4ccc(/C=C5\SC(=O)N(CC(=O)N6CCCCCC6)C5=O)o4)[nH]c3c2)c1NC(=O)CN1C(=O)S/C(=C\c2ccc(Sc3nc4ccccc4[nH]3)o2)C1=O. The number of likely N-dealkylation sites (tertiary alicyclic amines) is 1. The Hall–Kier alpha value is -6.74. The molecule has 20 heteroatoms. The number of amides is 6. The van der Waals surface area contributed by atoms with Crippen molar-refractivity contribution in [3.05, 3.63) is 123 Å². The van der Waals surface area contributed by atoms with Crippen LogP contribution in [0.1, 0.15) is 53.9 Å². The van der Waals surface area contributed by atoms with Gasteiger partial charge in [-0.1, -0.05) is 49.2 Å². The number of fused-ring (bicyclic) bond motifs is 2. The highest BCUT2D eigenvalue weighted by molar-refractivity contribution is 8.18. The van der Waals surface area contributed by atoms with Crippen LogP contribution in [0.4, 0.5) is 15.3 Å². The number of H-pyrrole nitrogens is 2. The molecule has 3 saturated heterocycles. The van der Waals surface area contributed by atoms with Gasteiger partial charge >= 0.3 is 0 Å². The topological polar surface area (TPSA) is 208 Å². The van der Waals surface area contributed by atoms with Crippen molar-refractivity contribution in [2.75, 3.05) is 31.5 Å². The number of para-hydroxylation sites is 3. The number of anilines is 1. The maximum Gasteiger partial charge on any atom is 0.294 e. The van der Waals surface area contributed by atoms with Gasteiger partial charge in [-0.05, 0) is 138 Å². The number of benzene rings is 3. The first-order valence-corrected chi connectivity index (χ1v) is 24.9. The first kappa shape index (κ1) is 45.1. The van der Waals surface area contributed by atoms with Crippen LogP contribution in [0.15, 0.2) is 124 Å². The van der Waals surface area contributed by atoms with Crippen LogP contribution in [-0.2, 0) is 25.6 Å². The van der Waals surface area contributed by atoms with E-state index >= 15 is 0 Å². The van der Waals surface area contributed by atoms with Gasteiger partial charge in [-0.3, -0.25) is 38.6 Å². The van der Waals surface area contributed by atoms with Crippen LogP contribution in [0.3, 0.4) is 0 Å². The normalized spacial score (nSPS) is 16.9. The van der Waals surface area contributed by atoms with E-state index in [1.807, 2.05) is 67.6 Å². The van der Waals surface area contributed by atoms with Crippen molar-refractivity contribution in [2.24, 2.45) is 0 Å². The van der Waals surface area contributed by atoms with Gasteiger partial charge in [-0.2, -0.15) is 0 Å². The molecule has 344 valence electrons. The molecule has 0 unspecified atom stereocenters. The second kappa shape index (κ2) is 19.5. The third-order valence-electron chi connectivity index (χ3n) is 11.4. The van der Waals surface area contributed by atoms with E-state index in [0.717, 1.165) is 97.8 Å². The number of aromatic amines is 2. The first-order valence-electron chi connectivity index (χ1n) is 21.7. The lowest BCUT2D eigenvalue weighted by Crippen LogP contribution is -2.42. The number of nitrogens with zero attached hydrogens (tertiary/aromatic N) is 5. The van der Waals surface area contributed by atoms with Gasteiger partial charge in [-0.15, -0.1) is 0 Å². The lowest BCUT2D eigenvalue weighted by Gasteiger charge is -2.22. The van der Waals surface area contributed by atoms with E-state index in [4.69, 9.17) is 13.8 Å². The van der Waals surface area contributed by atoms with Gasteiger partial charge in [0.25, 0.3) is 22.3 Å². The molecule has 3 aliphatic rings. The van der Waals surface area contributed by atoms with Crippen LogP contribution in [0, 0.1) is 6.92 Å². The predicted octanol–water partition coefficient (Wildman–Crippen LogP) is 9.94. The molecule has 0 atom stereocenters. The van der Waals surface area contributed by atoms with Gasteiger partial charge in [0.05, 0.1) is 31.9 Å². The summed E-state index contributed by atoms with van der Waals surface area (Å²) in [5, 5.41) is 4.19. The number of thioether (sulfide) groups is 2. The Labute approximate surface area is 405 Å². The van der Waals surface area contributed by atoms with Crippen molar-refractivity contribution in [1.29, 1.82) is 0 Å². The van der Waals surface area contributed by atoms with Crippen LogP contribution in [0.5, 0.6) is 0 Å². The average molecular weight is 985 g/mol. The zero-order chi connectivity index (χ0) is 46.9. The number of aryl methyl sites for hydroxylation is 1. The first-order chi connectivity index (χ1) is 33.0. The Morgan fingerprint density at radius 1 is 0.706 bits per heavy atom. The molecule has 0 spiro atoms. The fourth-order valence-electron chi connectivity index (χ4n) is 7.98. The molecule has 0 aliphatic carbocycles. The fraction of sp³-hybridized carbons (Fsp3) is 0.208. The largest absolute Gasteiger partial charge is 0.450 e. The van der Waals surface area contributed by atoms with E-state index in [1.54, 1.807) is 29.2 Å². The quantitative estimate of drug-likeness (QED) is 0.0920. The molecule has 7 heterocycles. The zero-order valence-corrected chi connectivity index (χ0v) is 39.5. The van der Waals surface area contributed by atoms with Gasteiger partial charge in [0.1, 0.15) is 24.6 Å². The van der Waals surface area contributed by atoms with E-state index in [2.05, 4.69) is 20.3 Å². The Balaban J connectivity index is 0.750. The van der Waals surface area contributed by atoms with Crippen molar-refractivity contribution in [3.8, 4) is 0 Å². The minimum absolute atomic E-state index is 0.146. The van der Waals surface area contributed by atoms with E-state index in [0.29, 0.717) is 57.2 Å². The molecular formula is C48H40N8O8S4. The highest BCUT2D eigenvalue weighted by Crippen LogP contribution is 2.37. The Bertz CT molecular complexity index is 3200. The van der Waals surface area contributed by atoms with Crippen molar-refractivity contribution >= 4 is 121 Å². The number of imidazole rings is 2. The highest BCUT2D eigenvalue weighted by atomic mass is 32.2. The molecule has 3 aliphatic heterocycles. The molecule has 3 fully saturated rings. The minimum Gasteiger partial charge on any atom is -0.450 e. The number of nitrogens with one attached hydrogen (secondary N) is 3. The molecular weight excluding hydrogens is 945 g/mol. The van der Waals surface area contributed by atoms with Crippen LogP contribution in [0.2, 0.25) is 0 Å². The van der Waals surface area contributed by atoms with E-state index in [1.165, 1.54) is 35.7 Å². The molecule has 6 amide bonds. The number of hydrogen-bond acceptors (Lipinski definition) is 14. The number of aromatic nitrogens is 4. The number of hydrogen-bond donors (Lipinski definition) is 3. The summed E-state index contributed by atoms with van der Waals surface area (Å²) in [5.74, 6) is -1.08. The molecule has 0 saturated carbocycles. The summed E-state index contributed by atoms with van der Waals surface area (Å²) in [4.78, 5) is 98.5. The number of imide groups is 2. The lowest BCUT2D eigenvalue weighted by molar-refractivity contribution is -0.135. The highest BCUT2D eigenvalue weighted by Gasteiger charge is 2.38. The Morgan fingerprint density at radius 2 is 1.31 bits per heavy atom. The molecule has 16 nitrogen and oxygen atoms in total. The van der Waals surface area contributed by atoms with Crippen LogP contribution in [0.25, 0.3) is 34.2 Å². The molecule has 0 radical (unpaired) electrons. The summed E-state index contributed by atoms with van der Waals surface area (Å²) in [6.45, 7) is 2.42. The van der Waals surface area contributed by atoms with Crippen LogP contribution >= 0.6 is 47.0 Å². The summed E-state index contributed by atoms with van der Waals surface area (Å²) in [6, 6.07) is 26.1. The van der Waals surface area contributed by atoms with Crippen molar-refractivity contribution in [2.45, 2.75) is 59.5 Å². The van der Waals surface area contributed by atoms with Gasteiger partial charge in [0.2, 0.25) is 11.8 Å². The number of carbonyl (C=O) groups is 6. The smallest absolute Gasteiger partial charge is 0.294 e. The lowest BCUT2D eigenvalue weighted by atomic mass is 10.00. The molecule has 4 aromatic heterocycles. The predicted molar refractivity (Wildman–Crippen MR) is 261 cm³/mol. The van der Waals surface area contributed by atoms with Crippen molar-refractivity contribution in [1.82, 2.24) is 34.6 Å². The van der Waals surface area contributed by atoms with Crippen LogP contribution in [-0.4, -0.2) is 94.9 Å². The van der Waals surface area contributed by atoms with E-state index < -0.39 is 34.7 Å². The fourth-order valence-corrected chi connectivity index (χ4v) is 11.2. The molecule has 3 N–H and O–H groups in total. The molecule has 7 aromatic rings. The summed E-state index contributed by atoms with van der Waals surface area (Å²) >= 11 is 4.09. The average Bonchev–Trinajstić information content (AvgIpc) is 4.17. The Kier molecular flexibility index (Phi) is 12.9. The second-order valence-corrected chi connectivity index (χ2v) is 20.1. The molecule has 68 heavy (non-hydrogen) atoms. The Morgan fingerprint density at radius 3 is 1.96 bits per heavy atom. The van der Waals surface area contributed by atoms with Gasteiger partial charge < -0.3 is 29.0 Å². The minimum atomic E-state index is -0.587. The maximum absolute atomic E-state index is 13.5. The molecule has 10 rings (SSSR count). The maximum atomic E-state index is 13.5. The summed E-state index contributed by atoms with van der Waals surface area (Å²) < 4.78 is 11.9. The van der Waals surface area contributed by atoms with E-state index in [9.17, 15) is 28.8 Å². The second-order valence-electron chi connectivity index (χ2n) is 16.1. The monoisotopic (exact) mass is 984 g/mol. The summed E-state index contributed by atoms with van der Waals surface area (Å²) in [7, 11) is 0. The zero-order valence-electron chi connectivity index (χ0n) is 36.2. The molecule has 0 bridgehead atoms. The van der Waals surface area contributed by atoms with Crippen LogP contribution < -0.4 is 5.32 Å². The van der Waals surface area contributed by atoms with Crippen molar-refractivity contribution < 1.29 is 37.6 Å². The van der Waals surface area contributed by atoms with Gasteiger partial charge in [0, 0.05) is 30.9 Å². The van der Waals surface area contributed by atoms with Gasteiger partial charge in [-0.25, -0.2) is 9.97 Å². The van der Waals surface area contributed by atoms with E-state index in [-0.39, 0.29) is 22.3 Å². The third-order valence-corrected chi connectivity index (χ3v) is 14.8. The standard InChI is InChI=1S/C48H40N8O8S4/c1-27-9-8-10-29(42(27)53-38(57)25-55-43(59)36(65-47(55)61)23-30-14-17-40(63-30)67-45-49-32-11-4-5-12-33(32)50-45)21-28-13-16-34-35(22-28)52-46(51-34)68-41-18-15-31(64-41)24-37-44(60)56(48(62)66-37)26-39(58)54-19-6-2-3-7-20-54/h4-5,8-18,22-24H,2-3,6-7,19-21,25-26H2,1H3,(H,49,50)(H,51,52)(H,53,57)/b36-23-,37-24-. The summed E-state index contributed by atoms with van der Waals surface area (Å²) in [6.07, 6.45) is 7.43. The summed E-state index contributed by atoms with van der Waals surface area (Å²) in [5.41, 5.74) is 6.41. The van der Waals surface area contributed by atoms with Gasteiger partial charge in [0.15, 0.2) is 20.5 Å². The number of carbonyl (C=O) groups excluding carboxylic acids is 6. The van der Waals surface area contributed by atoms with Crippen molar-refractivity contribution in [3.63, 3.8) is 0 Å².